The van der Waals surface area contributed by atoms with Crippen molar-refractivity contribution in [3.63, 3.8) is 0 Å². The van der Waals surface area contributed by atoms with Crippen molar-refractivity contribution in [2.24, 2.45) is 5.73 Å². The number of hydrogen-bond donors (Lipinski definition) is 1. The van der Waals surface area contributed by atoms with Gasteiger partial charge in [-0.15, -0.1) is 0 Å². The molecule has 0 heterocycles. The quantitative estimate of drug-likeness (QED) is 0.871. The van der Waals surface area contributed by atoms with Crippen molar-refractivity contribution >= 4 is 27.3 Å². The van der Waals surface area contributed by atoms with Gasteiger partial charge in [-0.1, -0.05) is 41.1 Å². The monoisotopic (exact) mass is 332 g/mol. The maximum absolute atomic E-state index is 5.94. The molecule has 20 heavy (non-hydrogen) atoms. The van der Waals surface area contributed by atoms with Crippen molar-refractivity contribution in [2.45, 2.75) is 26.3 Å². The Morgan fingerprint density at radius 2 is 1.70 bits per heavy atom. The summed E-state index contributed by atoms with van der Waals surface area (Å²) in [6.45, 7) is 4.16. The van der Waals surface area contributed by atoms with Crippen molar-refractivity contribution in [1.29, 1.82) is 0 Å². The van der Waals surface area contributed by atoms with Gasteiger partial charge in [0, 0.05) is 28.9 Å². The van der Waals surface area contributed by atoms with Crippen LogP contribution in [0.4, 0.5) is 11.4 Å². The summed E-state index contributed by atoms with van der Waals surface area (Å²) in [7, 11) is 2.08. The van der Waals surface area contributed by atoms with Gasteiger partial charge in [0.25, 0.3) is 0 Å². The molecule has 0 saturated carbocycles. The van der Waals surface area contributed by atoms with Crippen LogP contribution >= 0.6 is 15.9 Å². The van der Waals surface area contributed by atoms with Crippen molar-refractivity contribution in [3.8, 4) is 0 Å². The van der Waals surface area contributed by atoms with Crippen LogP contribution in [0.3, 0.4) is 0 Å². The number of rotatable bonds is 4. The van der Waals surface area contributed by atoms with E-state index in [0.29, 0.717) is 0 Å². The third kappa shape index (κ3) is 3.22. The van der Waals surface area contributed by atoms with Gasteiger partial charge in [0.1, 0.15) is 0 Å². The molecule has 3 heteroatoms. The summed E-state index contributed by atoms with van der Waals surface area (Å²) in [5.74, 6) is 0. The standard InChI is InChI=1S/C17H21BrN2/c1-4-13-5-7-14(8-6-13)20(3)15-9-10-16(12(2)19)17(18)11-15/h5-12H,4,19H2,1-3H3/t12-/m1/s1. The van der Waals surface area contributed by atoms with Gasteiger partial charge in [0.05, 0.1) is 0 Å². The fraction of sp³-hybridized carbons (Fsp3) is 0.294. The third-order valence-corrected chi connectivity index (χ3v) is 4.28. The molecule has 2 aromatic carbocycles. The van der Waals surface area contributed by atoms with Crippen LogP contribution in [0.25, 0.3) is 0 Å². The molecular formula is C17H21BrN2. The average molecular weight is 333 g/mol. The second kappa shape index (κ2) is 6.42. The maximum atomic E-state index is 5.94. The fourth-order valence-electron chi connectivity index (χ4n) is 2.20. The van der Waals surface area contributed by atoms with Crippen LogP contribution in [-0.4, -0.2) is 7.05 Å². The molecule has 0 bridgehead atoms. The van der Waals surface area contributed by atoms with Crippen molar-refractivity contribution < 1.29 is 0 Å². The topological polar surface area (TPSA) is 29.3 Å². The van der Waals surface area contributed by atoms with E-state index in [1.54, 1.807) is 0 Å². The molecule has 2 nitrogen and oxygen atoms in total. The zero-order valence-corrected chi connectivity index (χ0v) is 13.8. The van der Waals surface area contributed by atoms with Crippen molar-refractivity contribution in [3.05, 3.63) is 58.1 Å². The average Bonchev–Trinajstić information content (AvgIpc) is 2.46. The number of nitrogens with zero attached hydrogens (tertiary/aromatic N) is 1. The van der Waals surface area contributed by atoms with Crippen LogP contribution in [0.5, 0.6) is 0 Å². The SMILES string of the molecule is CCc1ccc(N(C)c2ccc([C@@H](C)N)c(Br)c2)cc1. The van der Waals surface area contributed by atoms with E-state index >= 15 is 0 Å². The van der Waals surface area contributed by atoms with Crippen LogP contribution in [-0.2, 0) is 6.42 Å². The van der Waals surface area contributed by atoms with Crippen LogP contribution < -0.4 is 10.6 Å². The predicted molar refractivity (Wildman–Crippen MR) is 90.6 cm³/mol. The predicted octanol–water partition coefficient (Wildman–Crippen LogP) is 4.80. The Bertz CT molecular complexity index is 576. The van der Waals surface area contributed by atoms with E-state index in [9.17, 15) is 0 Å². The number of hydrogen-bond acceptors (Lipinski definition) is 2. The Morgan fingerprint density at radius 3 is 2.20 bits per heavy atom. The van der Waals surface area contributed by atoms with Gasteiger partial charge in [-0.2, -0.15) is 0 Å². The summed E-state index contributed by atoms with van der Waals surface area (Å²) >= 11 is 3.60. The summed E-state index contributed by atoms with van der Waals surface area (Å²) in [5, 5.41) is 0. The smallest absolute Gasteiger partial charge is 0.0419 e. The van der Waals surface area contributed by atoms with Crippen LogP contribution in [0.1, 0.15) is 31.0 Å². The van der Waals surface area contributed by atoms with Gasteiger partial charge in [-0.05, 0) is 48.7 Å². The van der Waals surface area contributed by atoms with Crippen LogP contribution in [0, 0.1) is 0 Å². The minimum atomic E-state index is 0.0348. The molecule has 0 unspecified atom stereocenters. The minimum absolute atomic E-state index is 0.0348. The summed E-state index contributed by atoms with van der Waals surface area (Å²) in [4.78, 5) is 2.18. The molecule has 2 rings (SSSR count). The van der Waals surface area contributed by atoms with E-state index in [2.05, 4.69) is 77.3 Å². The Kier molecular flexibility index (Phi) is 4.84. The van der Waals surface area contributed by atoms with Gasteiger partial charge in [0.2, 0.25) is 0 Å². The summed E-state index contributed by atoms with van der Waals surface area (Å²) in [6.07, 6.45) is 1.07. The lowest BCUT2D eigenvalue weighted by molar-refractivity contribution is 0.813. The van der Waals surface area contributed by atoms with E-state index < -0.39 is 0 Å². The maximum Gasteiger partial charge on any atom is 0.0419 e. The van der Waals surface area contributed by atoms with Crippen molar-refractivity contribution in [1.82, 2.24) is 0 Å². The zero-order chi connectivity index (χ0) is 14.7. The lowest BCUT2D eigenvalue weighted by Gasteiger charge is -2.21. The molecule has 0 amide bonds. The Balaban J connectivity index is 2.28. The van der Waals surface area contributed by atoms with E-state index in [4.69, 9.17) is 5.73 Å². The molecule has 0 aliphatic rings. The first kappa shape index (κ1) is 15.1. The third-order valence-electron chi connectivity index (χ3n) is 3.59. The van der Waals surface area contributed by atoms with Gasteiger partial charge in [-0.25, -0.2) is 0 Å². The zero-order valence-electron chi connectivity index (χ0n) is 12.2. The lowest BCUT2D eigenvalue weighted by atomic mass is 10.1. The molecule has 1 atom stereocenters. The molecule has 2 aromatic rings. The number of halogens is 1. The fourth-order valence-corrected chi connectivity index (χ4v) is 2.93. The molecular weight excluding hydrogens is 312 g/mol. The van der Waals surface area contributed by atoms with E-state index in [-0.39, 0.29) is 6.04 Å². The number of aryl methyl sites for hydroxylation is 1. The van der Waals surface area contributed by atoms with E-state index in [1.807, 2.05) is 6.92 Å². The molecule has 0 aliphatic heterocycles. The van der Waals surface area contributed by atoms with Gasteiger partial charge in [0.15, 0.2) is 0 Å². The molecule has 2 N–H and O–H groups in total. The van der Waals surface area contributed by atoms with Crippen molar-refractivity contribution in [2.75, 3.05) is 11.9 Å². The normalized spacial score (nSPS) is 12.2. The van der Waals surface area contributed by atoms with Gasteiger partial charge >= 0.3 is 0 Å². The number of nitrogens with two attached hydrogens (primary N) is 1. The molecule has 0 fully saturated rings. The minimum Gasteiger partial charge on any atom is -0.345 e. The van der Waals surface area contributed by atoms with E-state index in [1.165, 1.54) is 11.3 Å². The van der Waals surface area contributed by atoms with Crippen LogP contribution in [0.15, 0.2) is 46.9 Å². The molecule has 0 aliphatic carbocycles. The molecule has 0 saturated heterocycles. The van der Waals surface area contributed by atoms with E-state index in [0.717, 1.165) is 22.1 Å². The highest BCUT2D eigenvalue weighted by molar-refractivity contribution is 9.10. The number of anilines is 2. The summed E-state index contributed by atoms with van der Waals surface area (Å²) in [5.41, 5.74) is 10.8. The summed E-state index contributed by atoms with van der Waals surface area (Å²) < 4.78 is 1.06. The highest BCUT2D eigenvalue weighted by atomic mass is 79.9. The van der Waals surface area contributed by atoms with Gasteiger partial charge < -0.3 is 10.6 Å². The molecule has 0 aromatic heterocycles. The number of benzene rings is 2. The second-order valence-corrected chi connectivity index (χ2v) is 5.93. The Labute approximate surface area is 129 Å². The highest BCUT2D eigenvalue weighted by Gasteiger charge is 2.09. The first-order chi connectivity index (χ1) is 9.52. The molecule has 106 valence electrons. The Morgan fingerprint density at radius 1 is 1.10 bits per heavy atom. The van der Waals surface area contributed by atoms with Gasteiger partial charge in [-0.3, -0.25) is 0 Å². The summed E-state index contributed by atoms with van der Waals surface area (Å²) in [6, 6.07) is 15.0. The lowest BCUT2D eigenvalue weighted by Crippen LogP contribution is -2.11. The second-order valence-electron chi connectivity index (χ2n) is 5.07. The van der Waals surface area contributed by atoms with Crippen LogP contribution in [0.2, 0.25) is 0 Å². The molecule has 0 spiro atoms. The first-order valence-corrected chi connectivity index (χ1v) is 7.70. The first-order valence-electron chi connectivity index (χ1n) is 6.90. The highest BCUT2D eigenvalue weighted by Crippen LogP contribution is 2.30. The molecule has 0 radical (unpaired) electrons. The largest absolute Gasteiger partial charge is 0.345 e. The Hall–Kier alpha value is -1.32.